The number of aliphatic imine (C=N–C) groups is 2. The van der Waals surface area contributed by atoms with Gasteiger partial charge in [0.15, 0.2) is 11.9 Å². The molecule has 0 saturated carbocycles. The van der Waals surface area contributed by atoms with Crippen LogP contribution in [0.1, 0.15) is 104 Å². The number of ether oxygens (including phenoxy) is 4. The van der Waals surface area contributed by atoms with Gasteiger partial charge in [0.25, 0.3) is 0 Å². The third-order valence-corrected chi connectivity index (χ3v) is 9.36. The van der Waals surface area contributed by atoms with Gasteiger partial charge in [-0.1, -0.05) is 13.2 Å². The predicted octanol–water partition coefficient (Wildman–Crippen LogP) is -2.29. The maximum absolute atomic E-state index is 13.2. The van der Waals surface area contributed by atoms with Gasteiger partial charge in [0, 0.05) is 50.2 Å². The van der Waals surface area contributed by atoms with Crippen molar-refractivity contribution < 1.29 is 66.9 Å². The number of hydrogen-bond acceptors (Lipinski definition) is 17. The number of nitrogens with one attached hydrogen (secondary N) is 6. The fourth-order valence-corrected chi connectivity index (χ4v) is 5.71. The lowest BCUT2D eigenvalue weighted by atomic mass is 10.1. The fourth-order valence-electron chi connectivity index (χ4n) is 5.71. The first-order valence-corrected chi connectivity index (χ1v) is 22.3. The quantitative estimate of drug-likeness (QED) is 0.00596. The van der Waals surface area contributed by atoms with Gasteiger partial charge in [-0.3, -0.25) is 43.5 Å². The Hall–Kier alpha value is -7.12. The van der Waals surface area contributed by atoms with Crippen LogP contribution in [0.5, 0.6) is 0 Å². The third-order valence-electron chi connectivity index (χ3n) is 9.36. The van der Waals surface area contributed by atoms with E-state index in [0.29, 0.717) is 49.8 Å². The Morgan fingerprint density at radius 2 is 0.826 bits per heavy atom. The summed E-state index contributed by atoms with van der Waals surface area (Å²) in [7, 11) is 1.55. The van der Waals surface area contributed by atoms with Gasteiger partial charge in [-0.2, -0.15) is 0 Å². The summed E-state index contributed by atoms with van der Waals surface area (Å²) in [5.41, 5.74) is 22.1. The van der Waals surface area contributed by atoms with Gasteiger partial charge in [0.2, 0.25) is 43.1 Å². The van der Waals surface area contributed by atoms with Gasteiger partial charge in [-0.25, -0.2) is 14.4 Å². The van der Waals surface area contributed by atoms with Crippen LogP contribution >= 0.6 is 0 Å². The molecule has 388 valence electrons. The van der Waals surface area contributed by atoms with Crippen molar-refractivity contribution in [1.29, 1.82) is 0 Å². The minimum absolute atomic E-state index is 0.00294. The molecule has 0 saturated heterocycles. The molecule has 26 heteroatoms. The molecule has 0 spiro atoms. The third kappa shape index (κ3) is 31.5. The van der Waals surface area contributed by atoms with Crippen LogP contribution in [0.25, 0.3) is 0 Å². The van der Waals surface area contributed by atoms with Crippen molar-refractivity contribution in [3.63, 3.8) is 0 Å². The lowest BCUT2D eigenvalue weighted by Crippen LogP contribution is -2.45. The topological polar surface area (TPSA) is 409 Å². The summed E-state index contributed by atoms with van der Waals surface area (Å²) in [6.45, 7) is 10.6. The summed E-state index contributed by atoms with van der Waals surface area (Å²) in [6, 6.07) is -4.60. The van der Waals surface area contributed by atoms with Crippen LogP contribution in [-0.4, -0.2) is 142 Å². The Kier molecular flexibility index (Phi) is 32.3. The van der Waals surface area contributed by atoms with E-state index in [1.807, 2.05) is 0 Å². The minimum atomic E-state index is -1.34. The Morgan fingerprint density at radius 1 is 0.493 bits per heavy atom. The zero-order chi connectivity index (χ0) is 52.3. The number of esters is 4. The molecule has 4 unspecified atom stereocenters. The number of guanidine groups is 2. The molecule has 0 bridgehead atoms. The number of ketones is 1. The molecule has 0 aliphatic heterocycles. The second kappa shape index (κ2) is 36.0. The Morgan fingerprint density at radius 3 is 1.16 bits per heavy atom. The van der Waals surface area contributed by atoms with Crippen molar-refractivity contribution in [3.05, 3.63) is 24.3 Å². The summed E-state index contributed by atoms with van der Waals surface area (Å²) in [5, 5.41) is 15.5. The number of rotatable bonds is 37. The Labute approximate surface area is 401 Å². The zero-order valence-electron chi connectivity index (χ0n) is 40.1. The first-order valence-electron chi connectivity index (χ1n) is 22.3. The van der Waals surface area contributed by atoms with Gasteiger partial charge in [0.1, 0.15) is 30.0 Å². The number of nitrogens with two attached hydrogens (primary N) is 4. The summed E-state index contributed by atoms with van der Waals surface area (Å²) < 4.78 is 20.5. The number of unbranched alkanes of at least 4 members (excludes halogenated alkanes) is 2. The van der Waals surface area contributed by atoms with Gasteiger partial charge in [-0.05, 0) is 92.0 Å². The molecule has 0 aromatic carbocycles. The van der Waals surface area contributed by atoms with Crippen molar-refractivity contribution in [2.24, 2.45) is 32.9 Å². The van der Waals surface area contributed by atoms with E-state index in [0.717, 1.165) is 0 Å². The van der Waals surface area contributed by atoms with Crippen molar-refractivity contribution in [2.75, 3.05) is 46.8 Å². The molecule has 0 aliphatic carbocycles. The molecule has 0 aliphatic rings. The van der Waals surface area contributed by atoms with E-state index in [9.17, 15) is 47.9 Å². The summed E-state index contributed by atoms with van der Waals surface area (Å²) in [5.74, 6) is -7.46. The average Bonchev–Trinajstić information content (AvgIpc) is 3.27. The van der Waals surface area contributed by atoms with Crippen LogP contribution in [0, 0.1) is 0 Å². The first kappa shape index (κ1) is 61.9. The Balaban J connectivity index is 5.62. The van der Waals surface area contributed by atoms with E-state index in [1.54, 1.807) is 20.9 Å². The van der Waals surface area contributed by atoms with E-state index < -0.39 is 104 Å². The second-order valence-corrected chi connectivity index (χ2v) is 15.6. The summed E-state index contributed by atoms with van der Waals surface area (Å²) in [6.07, 6.45) is 1.12. The molecular formula is C43H72N12O14. The molecule has 0 aromatic heterocycles. The van der Waals surface area contributed by atoms with E-state index in [2.05, 4.69) is 55.0 Å². The number of hydrogen-bond donors (Lipinski definition) is 10. The second-order valence-electron chi connectivity index (χ2n) is 15.6. The average molecular weight is 981 g/mol. The van der Waals surface area contributed by atoms with Gasteiger partial charge in [-0.15, -0.1) is 0 Å². The van der Waals surface area contributed by atoms with Crippen LogP contribution in [0.2, 0.25) is 0 Å². The van der Waals surface area contributed by atoms with E-state index in [1.165, 1.54) is 6.92 Å². The standard InChI is InChI=1S/C43H72N12O14/c1-26(2)36(60)49-19-9-7-13-29(48-6)38(62)66-24-67-39(63)30(14-8-10-20-50-37(61)27(3)4)53-33(57)17-18-34(58)54-31(15-11-21-51-42(44)45)40(64)68-25-69-41(65)32(16-12-22-52-43(46)47)55-35(59)23-28(5)56/h29-32,48H,1,3,7-25H2,2,4-6H3,(H,49,60)(H,50,61)(H,53,57)(H,54,58)(H,55,59)(H4,44,45,51)(H4,46,47,52). The largest absolute Gasteiger partial charge is 0.427 e. The first-order chi connectivity index (χ1) is 32.6. The molecule has 4 atom stereocenters. The highest BCUT2D eigenvalue weighted by atomic mass is 16.7. The van der Waals surface area contributed by atoms with Gasteiger partial charge in [0.05, 0.1) is 6.42 Å². The molecule has 0 fully saturated rings. The van der Waals surface area contributed by atoms with Crippen LogP contribution in [0.15, 0.2) is 34.3 Å². The predicted molar refractivity (Wildman–Crippen MR) is 250 cm³/mol. The molecule has 0 radical (unpaired) electrons. The fraction of sp³-hybridized carbons (Fsp3) is 0.628. The van der Waals surface area contributed by atoms with Crippen molar-refractivity contribution in [2.45, 2.75) is 128 Å². The molecule has 0 heterocycles. The lowest BCUT2D eigenvalue weighted by Gasteiger charge is -2.20. The van der Waals surface area contributed by atoms with Crippen molar-refractivity contribution in [1.82, 2.24) is 31.9 Å². The van der Waals surface area contributed by atoms with Gasteiger partial charge >= 0.3 is 23.9 Å². The van der Waals surface area contributed by atoms with Gasteiger partial charge < -0.3 is 73.8 Å². The molecule has 26 nitrogen and oxygen atoms in total. The number of amides is 5. The van der Waals surface area contributed by atoms with Crippen molar-refractivity contribution in [3.8, 4) is 0 Å². The molecule has 0 rings (SSSR count). The molecular weight excluding hydrogens is 909 g/mol. The molecule has 69 heavy (non-hydrogen) atoms. The highest BCUT2D eigenvalue weighted by Crippen LogP contribution is 2.09. The number of carbonyl (C=O) groups is 10. The van der Waals surface area contributed by atoms with Crippen LogP contribution in [0.4, 0.5) is 0 Å². The number of Topliss-reactive ketones (excluding diaryl/α,β-unsaturated/α-hetero) is 1. The maximum atomic E-state index is 13.2. The highest BCUT2D eigenvalue weighted by Gasteiger charge is 2.27. The summed E-state index contributed by atoms with van der Waals surface area (Å²) >= 11 is 0. The van der Waals surface area contributed by atoms with Crippen LogP contribution < -0.4 is 54.8 Å². The van der Waals surface area contributed by atoms with Crippen LogP contribution in [-0.2, 0) is 66.9 Å². The Bertz CT molecular complexity index is 1830. The van der Waals surface area contributed by atoms with E-state index in [-0.39, 0.29) is 75.5 Å². The van der Waals surface area contributed by atoms with E-state index in [4.69, 9.17) is 41.9 Å². The number of likely N-dealkylation sites (N-methyl/N-ethyl adjacent to an activating group) is 1. The summed E-state index contributed by atoms with van der Waals surface area (Å²) in [4.78, 5) is 133. The smallest absolute Gasteiger partial charge is 0.331 e. The normalized spacial score (nSPS) is 12.2. The lowest BCUT2D eigenvalue weighted by molar-refractivity contribution is -0.172. The SMILES string of the molecule is C=C(C)C(=O)NCCCCC(NC)C(=O)OCOC(=O)C(CCCCNC(=O)C(=C)C)NC(=O)CCC(=O)NC(CCCN=C(N)N)C(=O)OCOC(=O)C(CCCN=C(N)N)NC(=O)CC(C)=O. The monoisotopic (exact) mass is 981 g/mol. The highest BCUT2D eigenvalue weighted by molar-refractivity contribution is 5.98. The number of carbonyl (C=O) groups excluding carboxylic acids is 10. The maximum Gasteiger partial charge on any atom is 0.331 e. The zero-order valence-corrected chi connectivity index (χ0v) is 40.1. The van der Waals surface area contributed by atoms with Crippen molar-refractivity contribution >= 4 is 71.1 Å². The molecule has 14 N–H and O–H groups in total. The van der Waals surface area contributed by atoms with E-state index >= 15 is 0 Å². The minimum Gasteiger partial charge on any atom is -0.427 e. The number of nitrogens with zero attached hydrogens (tertiary/aromatic N) is 2. The molecule has 0 aromatic rings. The van der Waals surface area contributed by atoms with Crippen LogP contribution in [0.3, 0.4) is 0 Å². The molecule has 5 amide bonds.